The molecule has 1 aromatic carbocycles. The van der Waals surface area contributed by atoms with Gasteiger partial charge in [0.2, 0.25) is 5.75 Å². The van der Waals surface area contributed by atoms with E-state index >= 15 is 0 Å². The number of phenolic OH excluding ortho intramolecular Hbond substituents is 2. The topological polar surface area (TPSA) is 105 Å². The highest BCUT2D eigenvalue weighted by Gasteiger charge is 2.48. The van der Waals surface area contributed by atoms with E-state index in [9.17, 15) is 19.8 Å². The molecule has 0 aromatic heterocycles. The lowest BCUT2D eigenvalue weighted by molar-refractivity contribution is -0.153. The average Bonchev–Trinajstić information content (AvgIpc) is 3.41. The summed E-state index contributed by atoms with van der Waals surface area (Å²) >= 11 is 0. The van der Waals surface area contributed by atoms with Crippen molar-refractivity contribution in [3.05, 3.63) is 41.5 Å². The monoisotopic (exact) mass is 545 g/mol. The van der Waals surface area contributed by atoms with Crippen molar-refractivity contribution in [2.45, 2.75) is 51.6 Å². The molecule has 3 aliphatic rings. The highest BCUT2D eigenvalue weighted by Crippen LogP contribution is 2.52. The van der Waals surface area contributed by atoms with Crippen molar-refractivity contribution in [2.75, 3.05) is 25.2 Å². The predicted molar refractivity (Wildman–Crippen MR) is 149 cm³/mol. The number of hydrogen-bond acceptors (Lipinski definition) is 9. The summed E-state index contributed by atoms with van der Waals surface area (Å²) in [6, 6.07) is 3.18. The first-order chi connectivity index (χ1) is 17.8. The minimum atomic E-state index is -0.550. The van der Waals surface area contributed by atoms with Gasteiger partial charge in [-0.1, -0.05) is 46.7 Å². The van der Waals surface area contributed by atoms with E-state index in [0.29, 0.717) is 18.2 Å². The molecule has 5 unspecified atom stereocenters. The Morgan fingerprint density at radius 1 is 1.24 bits per heavy atom. The number of allylic oxidation sites excluding steroid dienone is 3. The zero-order chi connectivity index (χ0) is 26.6. The first-order valence-electron chi connectivity index (χ1n) is 12.7. The highest BCUT2D eigenvalue weighted by atomic mass is 33.1. The third-order valence-corrected chi connectivity index (χ3v) is 10.2. The molecule has 2 N–H and O–H groups in total. The van der Waals surface area contributed by atoms with Crippen LogP contribution in [0.5, 0.6) is 17.2 Å². The first-order valence-corrected chi connectivity index (χ1v) is 15.2. The van der Waals surface area contributed by atoms with Gasteiger partial charge in [-0.15, -0.1) is 0 Å². The molecule has 1 saturated heterocycles. The third-order valence-electron chi connectivity index (χ3n) is 7.68. The maximum Gasteiger partial charge on any atom is 0.302 e. The van der Waals surface area contributed by atoms with Crippen LogP contribution in [0, 0.1) is 17.3 Å². The molecule has 37 heavy (non-hydrogen) atoms. The molecule has 2 heterocycles. The number of benzene rings is 1. The molecule has 200 valence electrons. The third kappa shape index (κ3) is 6.03. The summed E-state index contributed by atoms with van der Waals surface area (Å²) in [5, 5.41) is 20.3. The van der Waals surface area contributed by atoms with Crippen molar-refractivity contribution < 1.29 is 29.3 Å². The molecule has 4 rings (SSSR count). The van der Waals surface area contributed by atoms with Gasteiger partial charge in [-0.2, -0.15) is 0 Å². The number of hydrogen-bond donors (Lipinski definition) is 2. The fraction of sp³-hybridized carbons (Fsp3) is 0.536. The lowest BCUT2D eigenvalue weighted by atomic mass is 9.61. The van der Waals surface area contributed by atoms with Crippen LogP contribution < -0.4 is 4.74 Å². The predicted octanol–water partition coefficient (Wildman–Crippen LogP) is 5.47. The maximum absolute atomic E-state index is 13.5. The van der Waals surface area contributed by atoms with Gasteiger partial charge in [-0.05, 0) is 42.0 Å². The number of carbonyl (C=O) groups excluding carboxylic acids is 2. The number of fused-ring (bicyclic) bond motifs is 1. The Morgan fingerprint density at radius 2 is 2.05 bits per heavy atom. The van der Waals surface area contributed by atoms with E-state index < -0.39 is 6.10 Å². The van der Waals surface area contributed by atoms with E-state index in [1.165, 1.54) is 20.1 Å². The smallest absolute Gasteiger partial charge is 0.302 e. The summed E-state index contributed by atoms with van der Waals surface area (Å²) in [4.78, 5) is 30.3. The van der Waals surface area contributed by atoms with Crippen molar-refractivity contribution in [3.8, 4) is 17.2 Å². The summed E-state index contributed by atoms with van der Waals surface area (Å²) in [6.07, 6.45) is 10.3. The standard InChI is InChI=1S/C28H35NO6S2/c1-4-18-5-7-28(21-6-8-29-14-21)16-37-36-15-20(19-11-24(32)27(33)26(12-19)34-3)10-22(31)13-25(23(28)9-18)35-17(2)30/h5-7,11-12,14,18,20,23,25,32-33H,4,8-10,13,15-16H2,1-3H3. The number of esters is 1. The van der Waals surface area contributed by atoms with Crippen molar-refractivity contribution in [3.63, 3.8) is 0 Å². The molecular weight excluding hydrogens is 510 g/mol. The molecule has 2 aliphatic heterocycles. The fourth-order valence-corrected chi connectivity index (χ4v) is 8.60. The van der Waals surface area contributed by atoms with E-state index in [1.807, 2.05) is 6.21 Å². The number of methoxy groups -OCH3 is 1. The van der Waals surface area contributed by atoms with Crippen LogP contribution in [-0.4, -0.2) is 59.4 Å². The van der Waals surface area contributed by atoms with Crippen LogP contribution in [0.4, 0.5) is 0 Å². The SMILES string of the molecule is CCC1C=CC2(C3=CCN=C3)CSSCC(c3cc(O)c(O)c(OC)c3)CC(=O)CC(OC(C)=O)C2C1. The quantitative estimate of drug-likeness (QED) is 0.217. The number of Topliss-reactive ketones (excluding diaryl/α,β-unsaturated/α-hetero) is 1. The second-order valence-electron chi connectivity index (χ2n) is 9.99. The lowest BCUT2D eigenvalue weighted by Gasteiger charge is -2.46. The maximum atomic E-state index is 13.5. The van der Waals surface area contributed by atoms with Gasteiger partial charge in [0.25, 0.3) is 0 Å². The van der Waals surface area contributed by atoms with Crippen LogP contribution in [0.2, 0.25) is 0 Å². The van der Waals surface area contributed by atoms with Gasteiger partial charge in [0.1, 0.15) is 11.9 Å². The molecule has 1 aliphatic carbocycles. The number of phenols is 2. The van der Waals surface area contributed by atoms with Crippen LogP contribution in [0.25, 0.3) is 0 Å². The zero-order valence-corrected chi connectivity index (χ0v) is 23.1. The number of carbonyl (C=O) groups is 2. The van der Waals surface area contributed by atoms with Crippen molar-refractivity contribution in [1.29, 1.82) is 0 Å². The number of aliphatic imine (C=N–C) groups is 1. The Kier molecular flexibility index (Phi) is 8.95. The van der Waals surface area contributed by atoms with Gasteiger partial charge in [-0.25, -0.2) is 0 Å². The first kappa shape index (κ1) is 27.6. The van der Waals surface area contributed by atoms with E-state index in [0.717, 1.165) is 29.7 Å². The van der Waals surface area contributed by atoms with Gasteiger partial charge in [-0.3, -0.25) is 14.6 Å². The number of ketones is 1. The fourth-order valence-electron chi connectivity index (χ4n) is 5.66. The second-order valence-corrected chi connectivity index (χ2v) is 12.5. The summed E-state index contributed by atoms with van der Waals surface area (Å²) in [5.74, 6) is 0.687. The molecule has 7 nitrogen and oxygen atoms in total. The summed E-state index contributed by atoms with van der Waals surface area (Å²) < 4.78 is 11.1. The van der Waals surface area contributed by atoms with Crippen LogP contribution in [0.1, 0.15) is 51.0 Å². The van der Waals surface area contributed by atoms with E-state index in [1.54, 1.807) is 27.7 Å². The Hall–Kier alpha value is -2.39. The Balaban J connectivity index is 1.72. The molecule has 5 atom stereocenters. The summed E-state index contributed by atoms with van der Waals surface area (Å²) in [6.45, 7) is 4.20. The molecular formula is C28H35NO6S2. The normalized spacial score (nSPS) is 30.2. The molecule has 0 bridgehead atoms. The van der Waals surface area contributed by atoms with Crippen molar-refractivity contribution in [1.82, 2.24) is 0 Å². The average molecular weight is 546 g/mol. The van der Waals surface area contributed by atoms with Gasteiger partial charge in [0.05, 0.1) is 13.7 Å². The van der Waals surface area contributed by atoms with Crippen molar-refractivity contribution >= 4 is 39.6 Å². The molecule has 0 saturated carbocycles. The molecule has 0 radical (unpaired) electrons. The minimum absolute atomic E-state index is 0.000789. The molecule has 9 heteroatoms. The summed E-state index contributed by atoms with van der Waals surface area (Å²) in [5.41, 5.74) is 1.47. The van der Waals surface area contributed by atoms with E-state index in [4.69, 9.17) is 9.47 Å². The van der Waals surface area contributed by atoms with Crippen LogP contribution in [0.3, 0.4) is 0 Å². The van der Waals surface area contributed by atoms with Gasteiger partial charge >= 0.3 is 5.97 Å². The van der Waals surface area contributed by atoms with E-state index in [-0.39, 0.29) is 59.1 Å². The zero-order valence-electron chi connectivity index (χ0n) is 21.5. The Labute approximate surface area is 226 Å². The molecule has 1 aromatic rings. The number of nitrogens with zero attached hydrogens (tertiary/aromatic N) is 1. The van der Waals surface area contributed by atoms with Crippen LogP contribution >= 0.6 is 21.6 Å². The van der Waals surface area contributed by atoms with Crippen LogP contribution in [-0.2, 0) is 14.3 Å². The Bertz CT molecular complexity index is 1120. The number of ether oxygens (including phenoxy) is 2. The van der Waals surface area contributed by atoms with Crippen molar-refractivity contribution in [2.24, 2.45) is 22.2 Å². The largest absolute Gasteiger partial charge is 0.504 e. The number of rotatable bonds is 5. The van der Waals surface area contributed by atoms with Gasteiger partial charge in [0.15, 0.2) is 11.5 Å². The molecule has 0 spiro atoms. The number of aromatic hydroxyl groups is 2. The molecule has 1 fully saturated rings. The summed E-state index contributed by atoms with van der Waals surface area (Å²) in [7, 11) is 4.86. The highest BCUT2D eigenvalue weighted by molar-refractivity contribution is 8.76. The van der Waals surface area contributed by atoms with Gasteiger partial charge < -0.3 is 19.7 Å². The van der Waals surface area contributed by atoms with Crippen LogP contribution in [0.15, 0.2) is 40.9 Å². The second kappa shape index (κ2) is 12.0. The molecule has 0 amide bonds. The lowest BCUT2D eigenvalue weighted by Crippen LogP contribution is -2.46. The minimum Gasteiger partial charge on any atom is -0.504 e. The van der Waals surface area contributed by atoms with E-state index in [2.05, 4.69) is 30.1 Å². The Morgan fingerprint density at radius 3 is 2.73 bits per heavy atom. The van der Waals surface area contributed by atoms with Gasteiger partial charge in [0, 0.05) is 54.7 Å².